The lowest BCUT2D eigenvalue weighted by molar-refractivity contribution is -0.120. The van der Waals surface area contributed by atoms with Gasteiger partial charge in [-0.2, -0.15) is 0 Å². The van der Waals surface area contributed by atoms with E-state index in [1.165, 1.54) is 5.56 Å². The van der Waals surface area contributed by atoms with Crippen LogP contribution < -0.4 is 5.32 Å². The van der Waals surface area contributed by atoms with E-state index in [0.717, 1.165) is 17.1 Å². The molecule has 0 saturated carbocycles. The second-order valence-corrected chi connectivity index (χ2v) is 6.41. The Morgan fingerprint density at radius 3 is 2.65 bits per heavy atom. The summed E-state index contributed by atoms with van der Waals surface area (Å²) in [5, 5.41) is 11.0. The zero-order valence-electron chi connectivity index (χ0n) is 15.3. The number of carbonyl (C=O) groups excluding carboxylic acids is 1. The van der Waals surface area contributed by atoms with Crippen molar-refractivity contribution in [1.82, 2.24) is 19.7 Å². The Kier molecular flexibility index (Phi) is 5.43. The summed E-state index contributed by atoms with van der Waals surface area (Å²) < 4.78 is 1.84. The van der Waals surface area contributed by atoms with E-state index in [1.54, 1.807) is 6.33 Å². The molecular formula is C20H23N5O. The van der Waals surface area contributed by atoms with Crippen molar-refractivity contribution in [3.05, 3.63) is 66.5 Å². The van der Waals surface area contributed by atoms with Gasteiger partial charge >= 0.3 is 0 Å². The third kappa shape index (κ3) is 4.15. The first-order valence-corrected chi connectivity index (χ1v) is 8.54. The molecule has 0 aliphatic rings. The molecule has 0 aliphatic heterocycles. The van der Waals surface area contributed by atoms with Crippen molar-refractivity contribution < 1.29 is 4.79 Å². The van der Waals surface area contributed by atoms with E-state index in [-0.39, 0.29) is 11.9 Å². The molecule has 1 N–H and O–H groups in total. The van der Waals surface area contributed by atoms with Crippen molar-refractivity contribution in [3.8, 4) is 11.4 Å². The lowest BCUT2D eigenvalue weighted by Gasteiger charge is -2.24. The summed E-state index contributed by atoms with van der Waals surface area (Å²) in [5.41, 5.74) is 2.84. The van der Waals surface area contributed by atoms with Crippen molar-refractivity contribution in [1.29, 1.82) is 0 Å². The third-order valence-electron chi connectivity index (χ3n) is 4.42. The number of rotatable bonds is 6. The SMILES string of the molecule is C[C@H](C(=O)Nc1cccc(-c2nncn2C)c1)N(C)Cc1ccccc1. The smallest absolute Gasteiger partial charge is 0.241 e. The Morgan fingerprint density at radius 1 is 1.19 bits per heavy atom. The predicted molar refractivity (Wildman–Crippen MR) is 102 cm³/mol. The van der Waals surface area contributed by atoms with Gasteiger partial charge in [0.15, 0.2) is 5.82 Å². The number of nitrogens with one attached hydrogen (secondary N) is 1. The summed E-state index contributed by atoms with van der Waals surface area (Å²) >= 11 is 0. The van der Waals surface area contributed by atoms with Gasteiger partial charge in [-0.15, -0.1) is 10.2 Å². The monoisotopic (exact) mass is 349 g/mol. The van der Waals surface area contributed by atoms with E-state index in [4.69, 9.17) is 0 Å². The molecule has 0 bridgehead atoms. The van der Waals surface area contributed by atoms with Gasteiger partial charge in [-0.05, 0) is 31.7 Å². The molecule has 2 aromatic carbocycles. The van der Waals surface area contributed by atoms with Gasteiger partial charge in [0.25, 0.3) is 0 Å². The highest BCUT2D eigenvalue weighted by Crippen LogP contribution is 2.20. The first kappa shape index (κ1) is 17.8. The minimum Gasteiger partial charge on any atom is -0.325 e. The lowest BCUT2D eigenvalue weighted by atomic mass is 10.1. The molecule has 3 rings (SSSR count). The van der Waals surface area contributed by atoms with Crippen molar-refractivity contribution in [2.75, 3.05) is 12.4 Å². The van der Waals surface area contributed by atoms with Crippen LogP contribution in [0.4, 0.5) is 5.69 Å². The quantitative estimate of drug-likeness (QED) is 0.743. The van der Waals surface area contributed by atoms with Gasteiger partial charge in [-0.3, -0.25) is 9.69 Å². The second kappa shape index (κ2) is 7.93. The number of carbonyl (C=O) groups is 1. The maximum atomic E-state index is 12.6. The number of aryl methyl sites for hydroxylation is 1. The molecule has 1 atom stereocenters. The molecule has 0 saturated heterocycles. The Hall–Kier alpha value is -2.99. The first-order chi connectivity index (χ1) is 12.5. The summed E-state index contributed by atoms with van der Waals surface area (Å²) in [6, 6.07) is 17.5. The molecule has 134 valence electrons. The Morgan fingerprint density at radius 2 is 1.96 bits per heavy atom. The number of hydrogen-bond donors (Lipinski definition) is 1. The fourth-order valence-electron chi connectivity index (χ4n) is 2.74. The number of amides is 1. The molecule has 1 amide bonds. The molecule has 6 nitrogen and oxygen atoms in total. The summed E-state index contributed by atoms with van der Waals surface area (Å²) in [4.78, 5) is 14.6. The first-order valence-electron chi connectivity index (χ1n) is 8.54. The van der Waals surface area contributed by atoms with E-state index >= 15 is 0 Å². The summed E-state index contributed by atoms with van der Waals surface area (Å²) in [6.45, 7) is 2.62. The van der Waals surface area contributed by atoms with Crippen LogP contribution in [-0.4, -0.2) is 38.7 Å². The van der Waals surface area contributed by atoms with Crippen LogP contribution in [0.1, 0.15) is 12.5 Å². The number of aromatic nitrogens is 3. The molecule has 0 radical (unpaired) electrons. The molecular weight excluding hydrogens is 326 g/mol. The van der Waals surface area contributed by atoms with E-state index in [2.05, 4.69) is 27.6 Å². The van der Waals surface area contributed by atoms with Gasteiger partial charge in [0.2, 0.25) is 5.91 Å². The van der Waals surface area contributed by atoms with E-state index in [1.807, 2.05) is 73.0 Å². The molecule has 3 aromatic rings. The maximum absolute atomic E-state index is 12.6. The highest BCUT2D eigenvalue weighted by molar-refractivity contribution is 5.95. The minimum absolute atomic E-state index is 0.0430. The Balaban J connectivity index is 1.66. The normalized spacial score (nSPS) is 12.2. The zero-order valence-corrected chi connectivity index (χ0v) is 15.3. The number of hydrogen-bond acceptors (Lipinski definition) is 4. The van der Waals surface area contributed by atoms with E-state index < -0.39 is 0 Å². The van der Waals surface area contributed by atoms with Gasteiger partial charge in [-0.1, -0.05) is 42.5 Å². The molecule has 0 aliphatic carbocycles. The number of likely N-dealkylation sites (N-methyl/N-ethyl adjacent to an activating group) is 1. The van der Waals surface area contributed by atoms with Crippen LogP contribution in [-0.2, 0) is 18.4 Å². The lowest BCUT2D eigenvalue weighted by Crippen LogP contribution is -2.39. The van der Waals surface area contributed by atoms with Crippen LogP contribution >= 0.6 is 0 Å². The van der Waals surface area contributed by atoms with Crippen LogP contribution in [0.5, 0.6) is 0 Å². The summed E-state index contributed by atoms with van der Waals surface area (Å²) in [7, 11) is 3.84. The number of nitrogens with zero attached hydrogens (tertiary/aromatic N) is 4. The molecule has 6 heteroatoms. The van der Waals surface area contributed by atoms with E-state index in [0.29, 0.717) is 6.54 Å². The average molecular weight is 349 g/mol. The van der Waals surface area contributed by atoms with Crippen molar-refractivity contribution in [2.45, 2.75) is 19.5 Å². The summed E-state index contributed by atoms with van der Waals surface area (Å²) in [5.74, 6) is 0.717. The average Bonchev–Trinajstić information content (AvgIpc) is 3.08. The molecule has 1 heterocycles. The van der Waals surface area contributed by atoms with Crippen LogP contribution in [0.3, 0.4) is 0 Å². The maximum Gasteiger partial charge on any atom is 0.241 e. The van der Waals surface area contributed by atoms with E-state index in [9.17, 15) is 4.79 Å². The molecule has 1 aromatic heterocycles. The number of anilines is 1. The fourth-order valence-corrected chi connectivity index (χ4v) is 2.74. The van der Waals surface area contributed by atoms with Crippen molar-refractivity contribution in [2.24, 2.45) is 7.05 Å². The van der Waals surface area contributed by atoms with Gasteiger partial charge in [0.1, 0.15) is 6.33 Å². The standard InChI is InChI=1S/C20H23N5O/c1-15(24(2)13-16-8-5-4-6-9-16)20(26)22-18-11-7-10-17(12-18)19-23-21-14-25(19)3/h4-12,14-15H,13H2,1-3H3,(H,22,26)/t15-/m1/s1. The minimum atomic E-state index is -0.256. The van der Waals surface area contributed by atoms with Crippen LogP contribution in [0.25, 0.3) is 11.4 Å². The molecule has 0 unspecified atom stereocenters. The van der Waals surface area contributed by atoms with Crippen LogP contribution in [0, 0.1) is 0 Å². The highest BCUT2D eigenvalue weighted by atomic mass is 16.2. The van der Waals surface area contributed by atoms with Gasteiger partial charge in [-0.25, -0.2) is 0 Å². The van der Waals surface area contributed by atoms with Gasteiger partial charge in [0.05, 0.1) is 6.04 Å². The van der Waals surface area contributed by atoms with Gasteiger partial charge in [0, 0.05) is 24.8 Å². The Labute approximate surface area is 153 Å². The Bertz CT molecular complexity index is 875. The van der Waals surface area contributed by atoms with Crippen molar-refractivity contribution >= 4 is 11.6 Å². The second-order valence-electron chi connectivity index (χ2n) is 6.41. The fraction of sp³-hybridized carbons (Fsp3) is 0.250. The van der Waals surface area contributed by atoms with Crippen molar-refractivity contribution in [3.63, 3.8) is 0 Å². The topological polar surface area (TPSA) is 63.1 Å². The predicted octanol–water partition coefficient (Wildman–Crippen LogP) is 2.94. The molecule has 0 fully saturated rings. The third-order valence-corrected chi connectivity index (χ3v) is 4.42. The van der Waals surface area contributed by atoms with Crippen LogP contribution in [0.2, 0.25) is 0 Å². The highest BCUT2D eigenvalue weighted by Gasteiger charge is 2.18. The molecule has 0 spiro atoms. The zero-order chi connectivity index (χ0) is 18.5. The van der Waals surface area contributed by atoms with Crippen LogP contribution in [0.15, 0.2) is 60.9 Å². The molecule has 26 heavy (non-hydrogen) atoms. The largest absolute Gasteiger partial charge is 0.325 e. The van der Waals surface area contributed by atoms with Gasteiger partial charge < -0.3 is 9.88 Å². The number of benzene rings is 2. The summed E-state index contributed by atoms with van der Waals surface area (Å²) in [6.07, 6.45) is 1.65.